The van der Waals surface area contributed by atoms with Gasteiger partial charge < -0.3 is 20.1 Å². The Morgan fingerprint density at radius 2 is 1.90 bits per heavy atom. The van der Waals surface area contributed by atoms with E-state index in [2.05, 4.69) is 32.5 Å². The van der Waals surface area contributed by atoms with E-state index in [1.54, 1.807) is 7.05 Å². The van der Waals surface area contributed by atoms with Crippen LogP contribution >= 0.6 is 0 Å². The highest BCUT2D eigenvalue weighted by Crippen LogP contribution is 2.29. The molecule has 1 aromatic rings. The van der Waals surface area contributed by atoms with Crippen LogP contribution in [0.1, 0.15) is 33.1 Å². The zero-order valence-corrected chi connectivity index (χ0v) is 13.1. The van der Waals surface area contributed by atoms with Crippen molar-refractivity contribution in [1.29, 1.82) is 0 Å². The lowest BCUT2D eigenvalue weighted by Gasteiger charge is -2.33. The Labute approximate surface area is 125 Å². The van der Waals surface area contributed by atoms with Crippen molar-refractivity contribution in [3.05, 3.63) is 0 Å². The monoisotopic (exact) mass is 295 g/mol. The molecule has 2 N–H and O–H groups in total. The Kier molecular flexibility index (Phi) is 5.55. The van der Waals surface area contributed by atoms with E-state index < -0.39 is 0 Å². The third kappa shape index (κ3) is 4.70. The maximum atomic E-state index is 5.49. The lowest BCUT2D eigenvalue weighted by Crippen LogP contribution is -2.33. The molecule has 7 nitrogen and oxygen atoms in total. The van der Waals surface area contributed by atoms with Gasteiger partial charge in [-0.2, -0.15) is 15.0 Å². The topological polar surface area (TPSA) is 81.2 Å². The van der Waals surface area contributed by atoms with Crippen LogP contribution in [-0.4, -0.2) is 48.4 Å². The van der Waals surface area contributed by atoms with Crippen molar-refractivity contribution in [3.8, 4) is 6.01 Å². The molecule has 0 saturated carbocycles. The molecule has 7 heteroatoms. The lowest BCUT2D eigenvalue weighted by molar-refractivity contribution is 0.0299. The number of aromatic nitrogens is 3. The fraction of sp³-hybridized carbons (Fsp3) is 0.786. The predicted molar refractivity (Wildman–Crippen MR) is 81.8 cm³/mol. The molecule has 118 valence electrons. The van der Waals surface area contributed by atoms with E-state index in [1.165, 1.54) is 0 Å². The van der Waals surface area contributed by atoms with E-state index in [0.717, 1.165) is 39.0 Å². The van der Waals surface area contributed by atoms with Gasteiger partial charge in [0, 0.05) is 26.8 Å². The van der Waals surface area contributed by atoms with Crippen LogP contribution < -0.4 is 15.4 Å². The van der Waals surface area contributed by atoms with Gasteiger partial charge in [0.25, 0.3) is 0 Å². The second kappa shape index (κ2) is 7.40. The number of rotatable bonds is 7. The first kappa shape index (κ1) is 15.8. The van der Waals surface area contributed by atoms with Crippen LogP contribution in [0, 0.1) is 5.41 Å². The molecule has 0 spiro atoms. The molecule has 0 amide bonds. The molecule has 0 aromatic carbocycles. The van der Waals surface area contributed by atoms with E-state index in [1.807, 2.05) is 6.92 Å². The number of hydrogen-bond donors (Lipinski definition) is 2. The smallest absolute Gasteiger partial charge is 0.323 e. The van der Waals surface area contributed by atoms with Crippen molar-refractivity contribution in [2.45, 2.75) is 33.1 Å². The lowest BCUT2D eigenvalue weighted by atomic mass is 9.82. The Balaban J connectivity index is 2.00. The molecule has 0 unspecified atom stereocenters. The summed E-state index contributed by atoms with van der Waals surface area (Å²) in [7, 11) is 1.78. The Bertz CT molecular complexity index is 449. The molecule has 21 heavy (non-hydrogen) atoms. The summed E-state index contributed by atoms with van der Waals surface area (Å²) >= 11 is 0. The van der Waals surface area contributed by atoms with Crippen LogP contribution in [0.5, 0.6) is 6.01 Å². The number of nitrogens with one attached hydrogen (secondary N) is 2. The maximum absolute atomic E-state index is 5.49. The molecule has 1 fully saturated rings. The van der Waals surface area contributed by atoms with E-state index in [0.29, 0.717) is 24.5 Å². The Morgan fingerprint density at radius 1 is 1.19 bits per heavy atom. The molecule has 2 heterocycles. The second-order valence-electron chi connectivity index (χ2n) is 5.64. The van der Waals surface area contributed by atoms with E-state index in [9.17, 15) is 0 Å². The Morgan fingerprint density at radius 3 is 2.57 bits per heavy atom. The molecular weight excluding hydrogens is 270 g/mol. The van der Waals surface area contributed by atoms with Crippen LogP contribution in [-0.2, 0) is 4.74 Å². The molecular formula is C14H25N5O2. The van der Waals surface area contributed by atoms with Crippen LogP contribution in [0.3, 0.4) is 0 Å². The van der Waals surface area contributed by atoms with Crippen LogP contribution in [0.25, 0.3) is 0 Å². The summed E-state index contributed by atoms with van der Waals surface area (Å²) in [5.41, 5.74) is 0.217. The maximum Gasteiger partial charge on any atom is 0.323 e. The number of hydrogen-bond acceptors (Lipinski definition) is 7. The van der Waals surface area contributed by atoms with Crippen molar-refractivity contribution in [1.82, 2.24) is 15.0 Å². The summed E-state index contributed by atoms with van der Waals surface area (Å²) in [6.45, 7) is 7.37. The van der Waals surface area contributed by atoms with E-state index in [4.69, 9.17) is 9.47 Å². The molecule has 1 aliphatic rings. The zero-order valence-electron chi connectivity index (χ0n) is 13.1. The third-order valence-corrected chi connectivity index (χ3v) is 3.65. The van der Waals surface area contributed by atoms with Gasteiger partial charge in [-0.25, -0.2) is 0 Å². The minimum atomic E-state index is 0.217. The fourth-order valence-corrected chi connectivity index (χ4v) is 2.14. The van der Waals surface area contributed by atoms with Crippen molar-refractivity contribution in [2.24, 2.45) is 5.41 Å². The summed E-state index contributed by atoms with van der Waals surface area (Å²) < 4.78 is 10.9. The molecule has 0 bridgehead atoms. The summed E-state index contributed by atoms with van der Waals surface area (Å²) in [6.07, 6.45) is 3.01. The van der Waals surface area contributed by atoms with Crippen LogP contribution in [0.15, 0.2) is 0 Å². The van der Waals surface area contributed by atoms with Gasteiger partial charge in [-0.3, -0.25) is 0 Å². The van der Waals surface area contributed by atoms with Crippen LogP contribution in [0.2, 0.25) is 0 Å². The average Bonchev–Trinajstić information content (AvgIpc) is 2.51. The average molecular weight is 295 g/mol. The van der Waals surface area contributed by atoms with Gasteiger partial charge in [0.05, 0.1) is 6.61 Å². The van der Waals surface area contributed by atoms with Gasteiger partial charge in [0.2, 0.25) is 11.9 Å². The number of ether oxygens (including phenoxy) is 2. The number of nitrogens with zero attached hydrogens (tertiary/aromatic N) is 3. The molecule has 1 aliphatic heterocycles. The van der Waals surface area contributed by atoms with Crippen molar-refractivity contribution in [2.75, 3.05) is 44.0 Å². The molecule has 0 atom stereocenters. The van der Waals surface area contributed by atoms with Gasteiger partial charge in [-0.15, -0.1) is 0 Å². The first-order valence-corrected chi connectivity index (χ1v) is 7.53. The van der Waals surface area contributed by atoms with Gasteiger partial charge in [-0.05, 0) is 24.7 Å². The molecule has 0 aliphatic carbocycles. The quantitative estimate of drug-likeness (QED) is 0.795. The molecule has 0 radical (unpaired) electrons. The normalized spacial score (nSPS) is 17.3. The molecule has 2 rings (SSSR count). The predicted octanol–water partition coefficient (Wildman–Crippen LogP) is 1.93. The zero-order chi connectivity index (χ0) is 15.1. The van der Waals surface area contributed by atoms with E-state index in [-0.39, 0.29) is 5.41 Å². The SMILES string of the molecule is CCCOc1nc(NC)nc(NCC2(C)CCOCC2)n1. The second-order valence-corrected chi connectivity index (χ2v) is 5.64. The Hall–Kier alpha value is -1.63. The standard InChI is InChI=1S/C14H25N5O2/c1-4-7-21-13-18-11(15-3)17-12(19-13)16-10-14(2)5-8-20-9-6-14/h4-10H2,1-3H3,(H2,15,16,17,18,19). The van der Waals surface area contributed by atoms with Crippen molar-refractivity contribution < 1.29 is 9.47 Å². The summed E-state index contributed by atoms with van der Waals surface area (Å²) in [5.74, 6) is 1.06. The van der Waals surface area contributed by atoms with Crippen LogP contribution in [0.4, 0.5) is 11.9 Å². The van der Waals surface area contributed by atoms with Gasteiger partial charge in [0.1, 0.15) is 0 Å². The highest BCUT2D eigenvalue weighted by Gasteiger charge is 2.27. The first-order valence-electron chi connectivity index (χ1n) is 7.53. The highest BCUT2D eigenvalue weighted by atomic mass is 16.5. The van der Waals surface area contributed by atoms with Gasteiger partial charge >= 0.3 is 6.01 Å². The van der Waals surface area contributed by atoms with Crippen molar-refractivity contribution in [3.63, 3.8) is 0 Å². The van der Waals surface area contributed by atoms with Crippen molar-refractivity contribution >= 4 is 11.9 Å². The van der Waals surface area contributed by atoms with E-state index >= 15 is 0 Å². The minimum absolute atomic E-state index is 0.217. The minimum Gasteiger partial charge on any atom is -0.463 e. The highest BCUT2D eigenvalue weighted by molar-refractivity contribution is 5.35. The largest absolute Gasteiger partial charge is 0.463 e. The molecule has 1 saturated heterocycles. The molecule has 1 aromatic heterocycles. The number of anilines is 2. The third-order valence-electron chi connectivity index (χ3n) is 3.65. The summed E-state index contributed by atoms with van der Waals surface area (Å²) in [6, 6.07) is 0.357. The summed E-state index contributed by atoms with van der Waals surface area (Å²) in [5, 5.41) is 6.24. The first-order chi connectivity index (χ1) is 10.1. The van der Waals surface area contributed by atoms with Gasteiger partial charge in [-0.1, -0.05) is 13.8 Å². The van der Waals surface area contributed by atoms with Gasteiger partial charge in [0.15, 0.2) is 0 Å². The summed E-state index contributed by atoms with van der Waals surface area (Å²) in [4.78, 5) is 12.8. The fourth-order valence-electron chi connectivity index (χ4n) is 2.14.